The molecule has 0 unspecified atom stereocenters. The number of nitrogens with zero attached hydrogens (tertiary/aromatic N) is 4. The molecule has 74 valence electrons. The largest absolute Gasteiger partial charge is 0.275 e. The Morgan fingerprint density at radius 1 is 1.86 bits per heavy atom. The molecule has 0 saturated carbocycles. The third-order valence-electron chi connectivity index (χ3n) is 1.52. The maximum absolute atomic E-state index is 8.40. The summed E-state index contributed by atoms with van der Waals surface area (Å²) >= 11 is 1.41. The van der Waals surface area contributed by atoms with E-state index in [9.17, 15) is 0 Å². The van der Waals surface area contributed by atoms with Gasteiger partial charge in [-0.15, -0.1) is 0 Å². The number of rotatable bonds is 2. The standard InChI is InChI=1S/C8H11N5S/c1-13-5-7(4-12-13)3-10-8(14-2)11-6-9/h4-5H,3H2,1-2H3,(H,10,11). The van der Waals surface area contributed by atoms with Gasteiger partial charge in [-0.3, -0.25) is 15.0 Å². The van der Waals surface area contributed by atoms with Crippen LogP contribution in [-0.4, -0.2) is 21.2 Å². The molecule has 0 aliphatic carbocycles. The van der Waals surface area contributed by atoms with Gasteiger partial charge >= 0.3 is 0 Å². The zero-order valence-electron chi connectivity index (χ0n) is 8.06. The van der Waals surface area contributed by atoms with Crippen molar-refractivity contribution in [3.8, 4) is 6.19 Å². The van der Waals surface area contributed by atoms with Gasteiger partial charge in [0, 0.05) is 18.8 Å². The van der Waals surface area contributed by atoms with E-state index in [0.29, 0.717) is 11.7 Å². The van der Waals surface area contributed by atoms with Crippen LogP contribution in [0.3, 0.4) is 0 Å². The molecule has 0 aliphatic heterocycles. The van der Waals surface area contributed by atoms with E-state index >= 15 is 0 Å². The molecule has 1 N–H and O–H groups in total. The van der Waals surface area contributed by atoms with E-state index in [1.807, 2.05) is 25.7 Å². The fourth-order valence-electron chi connectivity index (χ4n) is 0.920. The van der Waals surface area contributed by atoms with Crippen LogP contribution in [0.1, 0.15) is 5.56 Å². The lowest BCUT2D eigenvalue weighted by molar-refractivity contribution is 0.767. The molecule has 0 radical (unpaired) electrons. The molecule has 0 fully saturated rings. The van der Waals surface area contributed by atoms with Crippen molar-refractivity contribution in [3.63, 3.8) is 0 Å². The summed E-state index contributed by atoms with van der Waals surface area (Å²) in [5.74, 6) is 0. The SMILES string of the molecule is CSC(=NCc1cnn(C)c1)NC#N. The monoisotopic (exact) mass is 209 g/mol. The summed E-state index contributed by atoms with van der Waals surface area (Å²) in [4.78, 5) is 4.21. The predicted octanol–water partition coefficient (Wildman–Crippen LogP) is 0.710. The number of amidine groups is 1. The Morgan fingerprint density at radius 2 is 2.64 bits per heavy atom. The Balaban J connectivity index is 2.57. The van der Waals surface area contributed by atoms with Crippen molar-refractivity contribution in [2.24, 2.45) is 12.0 Å². The van der Waals surface area contributed by atoms with Crippen molar-refractivity contribution < 1.29 is 0 Å². The highest BCUT2D eigenvalue weighted by Crippen LogP contribution is 2.01. The summed E-state index contributed by atoms with van der Waals surface area (Å²) in [6.45, 7) is 0.540. The van der Waals surface area contributed by atoms with Crippen LogP contribution in [-0.2, 0) is 13.6 Å². The number of nitriles is 1. The number of nitrogens with one attached hydrogen (secondary N) is 1. The van der Waals surface area contributed by atoms with Crippen LogP contribution in [0, 0.1) is 11.5 Å². The normalized spacial score (nSPS) is 11.1. The van der Waals surface area contributed by atoms with Crippen molar-refractivity contribution in [2.75, 3.05) is 6.26 Å². The molecule has 0 bridgehead atoms. The highest BCUT2D eigenvalue weighted by Gasteiger charge is 1.97. The molecule has 1 rings (SSSR count). The fraction of sp³-hybridized carbons (Fsp3) is 0.375. The van der Waals surface area contributed by atoms with Gasteiger partial charge in [0.25, 0.3) is 0 Å². The summed E-state index contributed by atoms with van der Waals surface area (Å²) in [5, 5.41) is 15.5. The highest BCUT2D eigenvalue weighted by molar-refractivity contribution is 8.13. The molecule has 0 aromatic carbocycles. The lowest BCUT2D eigenvalue weighted by Crippen LogP contribution is -2.13. The summed E-state index contributed by atoms with van der Waals surface area (Å²) in [6.07, 6.45) is 7.36. The predicted molar refractivity (Wildman–Crippen MR) is 56.6 cm³/mol. The number of aliphatic imine (C=N–C) groups is 1. The van der Waals surface area contributed by atoms with Crippen molar-refractivity contribution in [3.05, 3.63) is 18.0 Å². The zero-order valence-corrected chi connectivity index (χ0v) is 8.88. The van der Waals surface area contributed by atoms with Gasteiger partial charge < -0.3 is 0 Å². The first-order valence-electron chi connectivity index (χ1n) is 3.97. The summed E-state index contributed by atoms with van der Waals surface area (Å²) < 4.78 is 1.72. The van der Waals surface area contributed by atoms with Gasteiger partial charge in [-0.25, -0.2) is 0 Å². The van der Waals surface area contributed by atoms with Gasteiger partial charge in [-0.1, -0.05) is 11.8 Å². The van der Waals surface area contributed by atoms with Crippen LogP contribution in [0.15, 0.2) is 17.4 Å². The Morgan fingerprint density at radius 3 is 3.14 bits per heavy atom. The molecule has 0 saturated heterocycles. The third-order valence-corrected chi connectivity index (χ3v) is 2.14. The quantitative estimate of drug-likeness (QED) is 0.337. The Hall–Kier alpha value is -1.48. The van der Waals surface area contributed by atoms with Crippen molar-refractivity contribution >= 4 is 16.9 Å². The van der Waals surface area contributed by atoms with Crippen molar-refractivity contribution in [1.82, 2.24) is 15.1 Å². The van der Waals surface area contributed by atoms with Crippen LogP contribution >= 0.6 is 11.8 Å². The number of hydrogen-bond donors (Lipinski definition) is 1. The van der Waals surface area contributed by atoms with Crippen LogP contribution in [0.25, 0.3) is 0 Å². The molecule has 1 aromatic heterocycles. The van der Waals surface area contributed by atoms with Crippen molar-refractivity contribution in [1.29, 1.82) is 5.26 Å². The molecule has 5 nitrogen and oxygen atoms in total. The minimum absolute atomic E-state index is 0.540. The second kappa shape index (κ2) is 5.29. The second-order valence-corrected chi connectivity index (χ2v) is 3.38. The zero-order chi connectivity index (χ0) is 10.4. The van der Waals surface area contributed by atoms with Crippen LogP contribution in [0.4, 0.5) is 0 Å². The smallest absolute Gasteiger partial charge is 0.183 e. The summed E-state index contributed by atoms with van der Waals surface area (Å²) in [6, 6.07) is 0. The molecule has 0 aliphatic rings. The summed E-state index contributed by atoms with van der Waals surface area (Å²) in [5.41, 5.74) is 1.03. The molecular weight excluding hydrogens is 198 g/mol. The van der Waals surface area contributed by atoms with Crippen LogP contribution < -0.4 is 5.32 Å². The Bertz CT molecular complexity index is 362. The van der Waals surface area contributed by atoms with Gasteiger partial charge in [0.2, 0.25) is 0 Å². The minimum atomic E-state index is 0.540. The molecule has 1 heterocycles. The number of hydrogen-bond acceptors (Lipinski definition) is 4. The first kappa shape index (κ1) is 10.6. The molecule has 0 spiro atoms. The first-order chi connectivity index (χ1) is 6.76. The van der Waals surface area contributed by atoms with Gasteiger partial charge in [0.1, 0.15) is 0 Å². The Kier molecular flexibility index (Phi) is 4.01. The van der Waals surface area contributed by atoms with Gasteiger partial charge in [-0.2, -0.15) is 10.4 Å². The van der Waals surface area contributed by atoms with Crippen LogP contribution in [0.5, 0.6) is 0 Å². The van der Waals surface area contributed by atoms with E-state index in [1.54, 1.807) is 10.9 Å². The number of aromatic nitrogens is 2. The van der Waals surface area contributed by atoms with Crippen LogP contribution in [0.2, 0.25) is 0 Å². The average molecular weight is 209 g/mol. The second-order valence-electron chi connectivity index (χ2n) is 2.58. The molecule has 14 heavy (non-hydrogen) atoms. The molecule has 0 atom stereocenters. The maximum Gasteiger partial charge on any atom is 0.183 e. The van der Waals surface area contributed by atoms with E-state index in [1.165, 1.54) is 11.8 Å². The maximum atomic E-state index is 8.40. The lowest BCUT2D eigenvalue weighted by Gasteiger charge is -1.97. The number of thioether (sulfide) groups is 1. The molecule has 6 heteroatoms. The number of aryl methyl sites for hydroxylation is 1. The average Bonchev–Trinajstić information content (AvgIpc) is 2.59. The summed E-state index contributed by atoms with van der Waals surface area (Å²) in [7, 11) is 1.86. The Labute approximate surface area is 86.8 Å². The highest BCUT2D eigenvalue weighted by atomic mass is 32.2. The molecular formula is C8H11N5S. The fourth-order valence-corrected chi connectivity index (χ4v) is 1.26. The van der Waals surface area contributed by atoms with Crippen molar-refractivity contribution in [2.45, 2.75) is 6.54 Å². The van der Waals surface area contributed by atoms with E-state index in [-0.39, 0.29) is 0 Å². The first-order valence-corrected chi connectivity index (χ1v) is 5.20. The molecule has 1 aromatic rings. The van der Waals surface area contributed by atoms with E-state index in [2.05, 4.69) is 15.4 Å². The van der Waals surface area contributed by atoms with E-state index in [4.69, 9.17) is 5.26 Å². The molecule has 0 amide bonds. The third kappa shape index (κ3) is 3.11. The van der Waals surface area contributed by atoms with E-state index < -0.39 is 0 Å². The van der Waals surface area contributed by atoms with Gasteiger partial charge in [0.05, 0.1) is 12.7 Å². The minimum Gasteiger partial charge on any atom is -0.275 e. The van der Waals surface area contributed by atoms with E-state index in [0.717, 1.165) is 5.56 Å². The lowest BCUT2D eigenvalue weighted by atomic mass is 10.4. The van der Waals surface area contributed by atoms with Gasteiger partial charge in [0.15, 0.2) is 11.4 Å². The van der Waals surface area contributed by atoms with Gasteiger partial charge in [-0.05, 0) is 6.26 Å². The topological polar surface area (TPSA) is 66.0 Å².